The quantitative estimate of drug-likeness (QED) is 0.357. The Balaban J connectivity index is 1.30. The third-order valence-electron chi connectivity index (χ3n) is 6.41. The minimum absolute atomic E-state index is 0.0424. The number of aryl methyl sites for hydroxylation is 1. The summed E-state index contributed by atoms with van der Waals surface area (Å²) in [5.41, 5.74) is 2.31. The second kappa shape index (κ2) is 9.64. The number of pyridine rings is 1. The first kappa shape index (κ1) is 23.9. The Hall–Kier alpha value is -3.87. The van der Waals surface area contributed by atoms with Gasteiger partial charge in [-0.2, -0.15) is 9.57 Å². The number of hydrogen-bond donors (Lipinski definition) is 0. The molecule has 0 bridgehead atoms. The zero-order valence-corrected chi connectivity index (χ0v) is 20.0. The zero-order chi connectivity index (χ0) is 25.3. The third kappa shape index (κ3) is 4.53. The van der Waals surface area contributed by atoms with Crippen LogP contribution in [0.4, 0.5) is 4.39 Å². The maximum atomic E-state index is 14.0. The van der Waals surface area contributed by atoms with Crippen LogP contribution < -0.4 is 0 Å². The number of rotatable bonds is 7. The fraction of sp³-hybridized carbons (Fsp3) is 0.222. The van der Waals surface area contributed by atoms with E-state index in [0.29, 0.717) is 41.5 Å². The van der Waals surface area contributed by atoms with E-state index >= 15 is 0 Å². The highest BCUT2D eigenvalue weighted by Crippen LogP contribution is 2.31. The fourth-order valence-electron chi connectivity index (χ4n) is 4.54. The van der Waals surface area contributed by atoms with E-state index in [4.69, 9.17) is 9.68 Å². The Morgan fingerprint density at radius 3 is 2.78 bits per heavy atom. The SMILES string of the molecule is N#Cc1ccc(-c2cc(CCC(=O)[C@@H]3CCCN3S(=O)(=O)c3cc4ccccc4o3)ccn2)cc1F. The molecule has 0 unspecified atom stereocenters. The van der Waals surface area contributed by atoms with Gasteiger partial charge in [0.05, 0.1) is 17.3 Å². The van der Waals surface area contributed by atoms with E-state index in [0.717, 1.165) is 5.56 Å². The summed E-state index contributed by atoms with van der Waals surface area (Å²) < 4.78 is 47.4. The van der Waals surface area contributed by atoms with Gasteiger partial charge in [0.1, 0.15) is 17.5 Å². The molecule has 182 valence electrons. The van der Waals surface area contributed by atoms with E-state index in [1.807, 2.05) is 0 Å². The molecule has 1 aliphatic rings. The lowest BCUT2D eigenvalue weighted by Crippen LogP contribution is -2.40. The number of benzene rings is 2. The molecule has 0 radical (unpaired) electrons. The number of fused-ring (bicyclic) bond motifs is 1. The summed E-state index contributed by atoms with van der Waals surface area (Å²) >= 11 is 0. The Bertz CT molecular complexity index is 1570. The highest BCUT2D eigenvalue weighted by atomic mass is 32.2. The maximum Gasteiger partial charge on any atom is 0.277 e. The number of carbonyl (C=O) groups is 1. The number of para-hydroxylation sites is 1. The van der Waals surface area contributed by atoms with Crippen LogP contribution >= 0.6 is 0 Å². The van der Waals surface area contributed by atoms with Gasteiger partial charge in [-0.25, -0.2) is 12.8 Å². The summed E-state index contributed by atoms with van der Waals surface area (Å²) in [6, 6.07) is 17.4. The molecule has 4 aromatic rings. The Kier molecular flexibility index (Phi) is 6.39. The normalized spacial score (nSPS) is 16.3. The molecular formula is C27H22FN3O4S. The molecule has 7 nitrogen and oxygen atoms in total. The van der Waals surface area contributed by atoms with Gasteiger partial charge in [-0.3, -0.25) is 9.78 Å². The van der Waals surface area contributed by atoms with E-state index in [1.165, 1.54) is 22.5 Å². The van der Waals surface area contributed by atoms with Gasteiger partial charge in [0, 0.05) is 36.2 Å². The van der Waals surface area contributed by atoms with E-state index in [1.54, 1.807) is 54.7 Å². The number of hydrogen-bond acceptors (Lipinski definition) is 6. The summed E-state index contributed by atoms with van der Waals surface area (Å²) in [6.45, 7) is 0.263. The first-order valence-corrected chi connectivity index (χ1v) is 13.0. The van der Waals surface area contributed by atoms with E-state index in [2.05, 4.69) is 4.98 Å². The molecule has 1 fully saturated rings. The maximum absolute atomic E-state index is 14.0. The summed E-state index contributed by atoms with van der Waals surface area (Å²) in [5, 5.41) is 9.45. The molecule has 2 aromatic carbocycles. The van der Waals surface area contributed by atoms with Gasteiger partial charge in [0.25, 0.3) is 10.0 Å². The van der Waals surface area contributed by atoms with E-state index < -0.39 is 21.9 Å². The highest BCUT2D eigenvalue weighted by molar-refractivity contribution is 7.89. The molecule has 1 aliphatic heterocycles. The van der Waals surface area contributed by atoms with Crippen LogP contribution in [0.5, 0.6) is 0 Å². The number of halogens is 1. The number of ketones is 1. The predicted octanol–water partition coefficient (Wildman–Crippen LogP) is 4.86. The topological polar surface area (TPSA) is 104 Å². The molecule has 2 aromatic heterocycles. The average Bonchev–Trinajstić information content (AvgIpc) is 3.56. The molecule has 0 spiro atoms. The standard InChI is InChI=1S/C27H22FN3O4S/c28-22-15-19(8-9-21(22)17-29)23-14-18(11-12-30-23)7-10-25(32)24-5-3-13-31(24)36(33,34)27-16-20-4-1-2-6-26(20)35-27/h1-2,4,6,8-9,11-12,14-16,24H,3,5,7,10,13H2/t24-/m0/s1. The number of carbonyl (C=O) groups excluding carboxylic acids is 1. The van der Waals surface area contributed by atoms with Crippen LogP contribution in [0, 0.1) is 17.1 Å². The Morgan fingerprint density at radius 1 is 1.17 bits per heavy atom. The first-order valence-electron chi connectivity index (χ1n) is 11.5. The number of nitriles is 1. The van der Waals surface area contributed by atoms with Gasteiger partial charge in [-0.1, -0.05) is 24.3 Å². The number of aromatic nitrogens is 1. The number of nitrogens with zero attached hydrogens (tertiary/aromatic N) is 3. The lowest BCUT2D eigenvalue weighted by atomic mass is 10.0. The van der Waals surface area contributed by atoms with Crippen LogP contribution in [0.2, 0.25) is 0 Å². The molecule has 5 rings (SSSR count). The number of furan rings is 1. The number of sulfonamides is 1. The summed E-state index contributed by atoms with van der Waals surface area (Å²) in [5.74, 6) is -0.778. The highest BCUT2D eigenvalue weighted by Gasteiger charge is 2.40. The molecule has 0 saturated carbocycles. The van der Waals surface area contributed by atoms with Crippen molar-refractivity contribution in [1.82, 2.24) is 9.29 Å². The van der Waals surface area contributed by atoms with Gasteiger partial charge in [-0.05, 0) is 55.2 Å². The van der Waals surface area contributed by atoms with E-state index in [-0.39, 0.29) is 29.4 Å². The smallest absolute Gasteiger partial charge is 0.277 e. The lowest BCUT2D eigenvalue weighted by molar-refractivity contribution is -0.122. The largest absolute Gasteiger partial charge is 0.443 e. The Labute approximate surface area is 207 Å². The van der Waals surface area contributed by atoms with Crippen molar-refractivity contribution < 1.29 is 22.0 Å². The molecule has 0 aliphatic carbocycles. The monoisotopic (exact) mass is 503 g/mol. The van der Waals surface area contributed by atoms with E-state index in [9.17, 15) is 17.6 Å². The van der Waals surface area contributed by atoms with Crippen LogP contribution in [0.3, 0.4) is 0 Å². The fourth-order valence-corrected chi connectivity index (χ4v) is 6.17. The second-order valence-corrected chi connectivity index (χ2v) is 10.5. The van der Waals surface area contributed by atoms with Crippen molar-refractivity contribution in [2.75, 3.05) is 6.54 Å². The molecule has 3 heterocycles. The summed E-state index contributed by atoms with van der Waals surface area (Å²) in [6.07, 6.45) is 3.19. The van der Waals surface area contributed by atoms with Crippen LogP contribution in [0.15, 0.2) is 76.4 Å². The second-order valence-electron chi connectivity index (χ2n) is 8.70. The first-order chi connectivity index (χ1) is 17.4. The molecule has 0 N–H and O–H groups in total. The summed E-state index contributed by atoms with van der Waals surface area (Å²) in [7, 11) is -3.95. The van der Waals surface area contributed by atoms with Gasteiger partial charge >= 0.3 is 0 Å². The molecule has 0 amide bonds. The van der Waals surface area contributed by atoms with Crippen LogP contribution in [0.1, 0.15) is 30.4 Å². The average molecular weight is 504 g/mol. The van der Waals surface area contributed by atoms with Crippen LogP contribution in [-0.4, -0.2) is 36.1 Å². The van der Waals surface area contributed by atoms with Crippen molar-refractivity contribution in [1.29, 1.82) is 5.26 Å². The van der Waals surface area contributed by atoms with Crippen molar-refractivity contribution in [3.8, 4) is 17.3 Å². The molecular weight excluding hydrogens is 481 g/mol. The zero-order valence-electron chi connectivity index (χ0n) is 19.2. The lowest BCUT2D eigenvalue weighted by Gasteiger charge is -2.21. The van der Waals surface area contributed by atoms with Crippen molar-refractivity contribution in [2.45, 2.75) is 36.8 Å². The van der Waals surface area contributed by atoms with Gasteiger partial charge in [0.15, 0.2) is 5.78 Å². The number of Topliss-reactive ketones (excluding diaryl/α,β-unsaturated/α-hetero) is 1. The molecule has 9 heteroatoms. The predicted molar refractivity (Wildman–Crippen MR) is 131 cm³/mol. The van der Waals surface area contributed by atoms with Crippen molar-refractivity contribution >= 4 is 26.8 Å². The van der Waals surface area contributed by atoms with Crippen LogP contribution in [0.25, 0.3) is 22.2 Å². The van der Waals surface area contributed by atoms with Gasteiger partial charge < -0.3 is 4.42 Å². The Morgan fingerprint density at radius 2 is 2.00 bits per heavy atom. The molecule has 1 atom stereocenters. The minimum Gasteiger partial charge on any atom is -0.443 e. The third-order valence-corrected chi connectivity index (χ3v) is 8.18. The van der Waals surface area contributed by atoms with Gasteiger partial charge in [-0.15, -0.1) is 0 Å². The molecule has 1 saturated heterocycles. The van der Waals surface area contributed by atoms with Crippen molar-refractivity contribution in [3.63, 3.8) is 0 Å². The summed E-state index contributed by atoms with van der Waals surface area (Å²) in [4.78, 5) is 17.4. The van der Waals surface area contributed by atoms with Crippen molar-refractivity contribution in [3.05, 3.63) is 83.8 Å². The van der Waals surface area contributed by atoms with Crippen LogP contribution in [-0.2, 0) is 21.2 Å². The minimum atomic E-state index is -3.95. The van der Waals surface area contributed by atoms with Gasteiger partial charge in [0.2, 0.25) is 5.09 Å². The van der Waals surface area contributed by atoms with Crippen molar-refractivity contribution in [2.24, 2.45) is 0 Å². The molecule has 36 heavy (non-hydrogen) atoms.